The van der Waals surface area contributed by atoms with Gasteiger partial charge in [-0.3, -0.25) is 9.59 Å². The zero-order valence-corrected chi connectivity index (χ0v) is 16.2. The van der Waals surface area contributed by atoms with Crippen LogP contribution in [-0.4, -0.2) is 39.2 Å². The first kappa shape index (κ1) is 21.0. The molecule has 0 aliphatic carbocycles. The summed E-state index contributed by atoms with van der Waals surface area (Å²) in [6.45, 7) is 3.27. The van der Waals surface area contributed by atoms with Gasteiger partial charge in [-0.15, -0.1) is 0 Å². The number of rotatable bonds is 10. The summed E-state index contributed by atoms with van der Waals surface area (Å²) in [5.74, 6) is -0.256. The average Bonchev–Trinajstić information content (AvgIpc) is 2.70. The van der Waals surface area contributed by atoms with Gasteiger partial charge in [0.1, 0.15) is 0 Å². The lowest BCUT2D eigenvalue weighted by molar-refractivity contribution is -0.120. The molecule has 2 aromatic rings. The summed E-state index contributed by atoms with van der Waals surface area (Å²) < 4.78 is 15.9. The lowest BCUT2D eigenvalue weighted by Crippen LogP contribution is -2.20. The highest BCUT2D eigenvalue weighted by Crippen LogP contribution is 2.38. The summed E-state index contributed by atoms with van der Waals surface area (Å²) in [4.78, 5) is 23.7. The second-order valence-corrected chi connectivity index (χ2v) is 5.90. The van der Waals surface area contributed by atoms with E-state index < -0.39 is 5.91 Å². The van der Waals surface area contributed by atoms with E-state index in [0.717, 1.165) is 12.1 Å². The highest BCUT2D eigenvalue weighted by atomic mass is 16.5. The van der Waals surface area contributed by atoms with Crippen molar-refractivity contribution >= 4 is 17.5 Å². The normalized spacial score (nSPS) is 10.2. The number of amides is 2. The van der Waals surface area contributed by atoms with Gasteiger partial charge in [-0.2, -0.15) is 0 Å². The fourth-order valence-corrected chi connectivity index (χ4v) is 2.53. The number of benzene rings is 2. The number of carbonyl (C=O) groups excluding carboxylic acids is 2. The van der Waals surface area contributed by atoms with Crippen LogP contribution in [0, 0.1) is 0 Å². The fourth-order valence-electron chi connectivity index (χ4n) is 2.53. The maximum Gasteiger partial charge on any atom is 0.255 e. The first-order valence-electron chi connectivity index (χ1n) is 8.76. The molecule has 8 heteroatoms. The highest BCUT2D eigenvalue weighted by Gasteiger charge is 2.18. The van der Waals surface area contributed by atoms with Crippen molar-refractivity contribution in [2.75, 3.05) is 32.7 Å². The largest absolute Gasteiger partial charge is 0.493 e. The molecule has 8 nitrogen and oxygen atoms in total. The molecule has 0 bridgehead atoms. The molecule has 0 fully saturated rings. The molecule has 0 radical (unpaired) electrons. The van der Waals surface area contributed by atoms with Crippen LogP contribution in [0.1, 0.15) is 22.8 Å². The first-order chi connectivity index (χ1) is 13.5. The van der Waals surface area contributed by atoms with Gasteiger partial charge in [0, 0.05) is 17.8 Å². The van der Waals surface area contributed by atoms with Crippen LogP contribution in [0.2, 0.25) is 0 Å². The van der Waals surface area contributed by atoms with Gasteiger partial charge in [0.15, 0.2) is 18.1 Å². The molecule has 0 atom stereocenters. The SMILES string of the molecule is CCNCc1cccc(NC(=O)c2cc(OC)c(OCC(N)=O)c(OC)c2)c1. The van der Waals surface area contributed by atoms with Gasteiger partial charge in [-0.25, -0.2) is 0 Å². The van der Waals surface area contributed by atoms with Crippen molar-refractivity contribution in [2.45, 2.75) is 13.5 Å². The minimum atomic E-state index is -0.636. The molecule has 2 aromatic carbocycles. The Kier molecular flexibility index (Phi) is 7.65. The van der Waals surface area contributed by atoms with Gasteiger partial charge in [0.25, 0.3) is 11.8 Å². The summed E-state index contributed by atoms with van der Waals surface area (Å²) in [6.07, 6.45) is 0. The van der Waals surface area contributed by atoms with Crippen molar-refractivity contribution in [1.29, 1.82) is 0 Å². The van der Waals surface area contributed by atoms with Gasteiger partial charge >= 0.3 is 0 Å². The third-order valence-corrected chi connectivity index (χ3v) is 3.85. The smallest absolute Gasteiger partial charge is 0.255 e. The van der Waals surface area contributed by atoms with E-state index in [9.17, 15) is 9.59 Å². The van der Waals surface area contributed by atoms with Crippen LogP contribution in [0.3, 0.4) is 0 Å². The number of hydrogen-bond donors (Lipinski definition) is 3. The summed E-state index contributed by atoms with van der Waals surface area (Å²) in [6, 6.07) is 10.6. The summed E-state index contributed by atoms with van der Waals surface area (Å²) in [7, 11) is 2.86. The van der Waals surface area contributed by atoms with Gasteiger partial charge in [-0.05, 0) is 36.4 Å². The molecule has 2 amide bonds. The molecule has 0 saturated carbocycles. The van der Waals surface area contributed by atoms with Gasteiger partial charge in [0.2, 0.25) is 5.75 Å². The van der Waals surface area contributed by atoms with Crippen LogP contribution in [0.5, 0.6) is 17.2 Å². The fraction of sp³-hybridized carbons (Fsp3) is 0.300. The number of methoxy groups -OCH3 is 2. The van der Waals surface area contributed by atoms with E-state index in [1.807, 2.05) is 31.2 Å². The van der Waals surface area contributed by atoms with E-state index in [4.69, 9.17) is 19.9 Å². The number of nitrogens with one attached hydrogen (secondary N) is 2. The summed E-state index contributed by atoms with van der Waals surface area (Å²) in [5, 5.41) is 6.10. The molecule has 0 aromatic heterocycles. The van der Waals surface area contributed by atoms with Gasteiger partial charge < -0.3 is 30.6 Å². The zero-order valence-electron chi connectivity index (χ0n) is 16.2. The molecular weight excluding hydrogens is 362 g/mol. The molecule has 150 valence electrons. The molecule has 0 heterocycles. The molecule has 0 saturated heterocycles. The number of primary amides is 1. The topological polar surface area (TPSA) is 112 Å². The van der Waals surface area contributed by atoms with Crippen LogP contribution in [0.15, 0.2) is 36.4 Å². The van der Waals surface area contributed by atoms with Crippen LogP contribution in [0.4, 0.5) is 5.69 Å². The zero-order chi connectivity index (χ0) is 20.5. The van der Waals surface area contributed by atoms with Gasteiger partial charge in [-0.1, -0.05) is 19.1 Å². The Bertz CT molecular complexity index is 813. The highest BCUT2D eigenvalue weighted by molar-refractivity contribution is 6.05. The summed E-state index contributed by atoms with van der Waals surface area (Å²) in [5.41, 5.74) is 7.17. The van der Waals surface area contributed by atoms with E-state index >= 15 is 0 Å². The van der Waals surface area contributed by atoms with Crippen molar-refractivity contribution in [1.82, 2.24) is 5.32 Å². The lowest BCUT2D eigenvalue weighted by Gasteiger charge is -2.15. The van der Waals surface area contributed by atoms with E-state index in [0.29, 0.717) is 17.8 Å². The van der Waals surface area contributed by atoms with Crippen LogP contribution < -0.4 is 30.6 Å². The molecular formula is C20H25N3O5. The Labute approximate surface area is 164 Å². The van der Waals surface area contributed by atoms with E-state index in [2.05, 4.69) is 10.6 Å². The van der Waals surface area contributed by atoms with Crippen molar-refractivity contribution in [3.05, 3.63) is 47.5 Å². The van der Waals surface area contributed by atoms with Crippen molar-refractivity contribution < 1.29 is 23.8 Å². The molecule has 0 spiro atoms. The second-order valence-electron chi connectivity index (χ2n) is 5.90. The first-order valence-corrected chi connectivity index (χ1v) is 8.76. The van der Waals surface area contributed by atoms with Crippen molar-refractivity contribution in [3.8, 4) is 17.2 Å². The second kappa shape index (κ2) is 10.2. The van der Waals surface area contributed by atoms with Crippen molar-refractivity contribution in [3.63, 3.8) is 0 Å². The third-order valence-electron chi connectivity index (χ3n) is 3.85. The van der Waals surface area contributed by atoms with Crippen LogP contribution >= 0.6 is 0 Å². The Morgan fingerprint density at radius 3 is 2.32 bits per heavy atom. The van der Waals surface area contributed by atoms with Crippen LogP contribution in [0.25, 0.3) is 0 Å². The minimum absolute atomic E-state index is 0.202. The molecule has 0 unspecified atom stereocenters. The van der Waals surface area contributed by atoms with Crippen molar-refractivity contribution in [2.24, 2.45) is 5.73 Å². The van der Waals surface area contributed by atoms with Gasteiger partial charge in [0.05, 0.1) is 14.2 Å². The van der Waals surface area contributed by atoms with E-state index in [1.165, 1.54) is 26.4 Å². The Hall–Kier alpha value is -3.26. The van der Waals surface area contributed by atoms with E-state index in [-0.39, 0.29) is 29.8 Å². The maximum atomic E-state index is 12.7. The Morgan fingerprint density at radius 1 is 1.07 bits per heavy atom. The number of ether oxygens (including phenoxy) is 3. The predicted molar refractivity (Wildman–Crippen MR) is 106 cm³/mol. The molecule has 0 aliphatic rings. The summed E-state index contributed by atoms with van der Waals surface area (Å²) >= 11 is 0. The maximum absolute atomic E-state index is 12.7. The van der Waals surface area contributed by atoms with Crippen LogP contribution in [-0.2, 0) is 11.3 Å². The number of hydrogen-bond acceptors (Lipinski definition) is 6. The molecule has 2 rings (SSSR count). The molecule has 28 heavy (non-hydrogen) atoms. The average molecular weight is 387 g/mol. The lowest BCUT2D eigenvalue weighted by atomic mass is 10.1. The van der Waals surface area contributed by atoms with E-state index in [1.54, 1.807) is 0 Å². The molecule has 4 N–H and O–H groups in total. The minimum Gasteiger partial charge on any atom is -0.493 e. The monoisotopic (exact) mass is 387 g/mol. The molecule has 0 aliphatic heterocycles. The Balaban J connectivity index is 2.24. The Morgan fingerprint density at radius 2 is 1.75 bits per heavy atom. The third kappa shape index (κ3) is 5.62. The number of nitrogens with two attached hydrogens (primary N) is 1. The number of carbonyl (C=O) groups is 2. The predicted octanol–water partition coefficient (Wildman–Crippen LogP) is 1.93. The number of anilines is 1. The standard InChI is InChI=1S/C20H25N3O5/c1-4-22-11-13-6-5-7-15(8-13)23-20(25)14-9-16(26-2)19(17(10-14)27-3)28-12-18(21)24/h5-10,22H,4,11-12H2,1-3H3,(H2,21,24)(H,23,25). The quantitative estimate of drug-likeness (QED) is 0.574.